The topological polar surface area (TPSA) is 61.4 Å². The molecule has 0 aromatic carbocycles. The molecule has 0 spiro atoms. The SMILES string of the molecule is Cn1cc(-c2ccnc3c2cnn3C2CC2)c(-c2ccc(F)cn2)n1. The summed E-state index contributed by atoms with van der Waals surface area (Å²) in [6.07, 6.45) is 9.13. The van der Waals surface area contributed by atoms with Gasteiger partial charge in [-0.15, -0.1) is 0 Å². The molecule has 4 heterocycles. The first-order valence-corrected chi connectivity index (χ1v) is 8.19. The Labute approximate surface area is 143 Å². The zero-order valence-corrected chi connectivity index (χ0v) is 13.6. The van der Waals surface area contributed by atoms with Crippen LogP contribution in [0, 0.1) is 5.82 Å². The number of rotatable bonds is 3. The van der Waals surface area contributed by atoms with Crippen molar-refractivity contribution in [1.29, 1.82) is 0 Å². The monoisotopic (exact) mass is 334 g/mol. The van der Waals surface area contributed by atoms with Crippen LogP contribution >= 0.6 is 0 Å². The van der Waals surface area contributed by atoms with Gasteiger partial charge >= 0.3 is 0 Å². The lowest BCUT2D eigenvalue weighted by atomic mass is 10.0. The fourth-order valence-electron chi connectivity index (χ4n) is 3.16. The van der Waals surface area contributed by atoms with Gasteiger partial charge in [-0.05, 0) is 36.6 Å². The van der Waals surface area contributed by atoms with Crippen molar-refractivity contribution < 1.29 is 4.39 Å². The van der Waals surface area contributed by atoms with E-state index in [1.807, 2.05) is 30.2 Å². The van der Waals surface area contributed by atoms with Gasteiger partial charge in [-0.2, -0.15) is 10.2 Å². The normalized spacial score (nSPS) is 14.3. The van der Waals surface area contributed by atoms with Crippen molar-refractivity contribution in [3.63, 3.8) is 0 Å². The number of hydrogen-bond acceptors (Lipinski definition) is 4. The Morgan fingerprint density at radius 3 is 2.72 bits per heavy atom. The van der Waals surface area contributed by atoms with Gasteiger partial charge in [0.05, 0.1) is 24.1 Å². The van der Waals surface area contributed by atoms with E-state index in [2.05, 4.69) is 20.2 Å². The molecule has 0 amide bonds. The standard InChI is InChI=1S/C18H15FN6/c1-24-10-15(17(23-24)16-5-2-11(19)8-21-16)13-6-7-20-18-14(13)9-22-25(18)12-3-4-12/h2,5-10,12H,3-4H2,1H3. The average Bonchev–Trinajstić information content (AvgIpc) is 3.25. The van der Waals surface area contributed by atoms with Gasteiger partial charge in [0.25, 0.3) is 0 Å². The van der Waals surface area contributed by atoms with Crippen molar-refractivity contribution in [3.8, 4) is 22.5 Å². The second kappa shape index (κ2) is 5.20. The Balaban J connectivity index is 1.71. The molecular formula is C18H15FN6. The summed E-state index contributed by atoms with van der Waals surface area (Å²) in [7, 11) is 1.86. The van der Waals surface area contributed by atoms with Crippen LogP contribution in [0.3, 0.4) is 0 Å². The number of nitrogens with zero attached hydrogens (tertiary/aromatic N) is 6. The molecule has 1 fully saturated rings. The Kier molecular flexibility index (Phi) is 2.97. The largest absolute Gasteiger partial charge is 0.274 e. The molecule has 25 heavy (non-hydrogen) atoms. The van der Waals surface area contributed by atoms with E-state index < -0.39 is 0 Å². The van der Waals surface area contributed by atoms with Gasteiger partial charge in [0.2, 0.25) is 0 Å². The first kappa shape index (κ1) is 14.3. The van der Waals surface area contributed by atoms with Crippen LogP contribution in [0.2, 0.25) is 0 Å². The van der Waals surface area contributed by atoms with Crippen molar-refractivity contribution in [2.24, 2.45) is 7.05 Å². The lowest BCUT2D eigenvalue weighted by molar-refractivity contribution is 0.621. The van der Waals surface area contributed by atoms with Gasteiger partial charge in [0.15, 0.2) is 5.65 Å². The maximum atomic E-state index is 13.2. The summed E-state index contributed by atoms with van der Waals surface area (Å²) >= 11 is 0. The number of fused-ring (bicyclic) bond motifs is 1. The molecule has 6 nitrogen and oxygen atoms in total. The molecule has 5 rings (SSSR count). The van der Waals surface area contributed by atoms with Gasteiger partial charge in [-0.1, -0.05) is 0 Å². The fourth-order valence-corrected chi connectivity index (χ4v) is 3.16. The van der Waals surface area contributed by atoms with Crippen LogP contribution in [0.15, 0.2) is 43.0 Å². The highest BCUT2D eigenvalue weighted by Gasteiger charge is 2.27. The zero-order chi connectivity index (χ0) is 17.0. The van der Waals surface area contributed by atoms with Gasteiger partial charge < -0.3 is 0 Å². The highest BCUT2D eigenvalue weighted by Crippen LogP contribution is 2.39. The number of aryl methyl sites for hydroxylation is 1. The summed E-state index contributed by atoms with van der Waals surface area (Å²) < 4.78 is 17.0. The lowest BCUT2D eigenvalue weighted by Gasteiger charge is -2.05. The van der Waals surface area contributed by atoms with Crippen molar-refractivity contribution in [2.75, 3.05) is 0 Å². The molecule has 0 aliphatic heterocycles. The molecule has 0 saturated heterocycles. The van der Waals surface area contributed by atoms with Gasteiger partial charge in [-0.25, -0.2) is 14.1 Å². The quantitative estimate of drug-likeness (QED) is 0.576. The number of aromatic nitrogens is 6. The van der Waals surface area contributed by atoms with E-state index in [1.54, 1.807) is 16.9 Å². The second-order valence-electron chi connectivity index (χ2n) is 6.34. The van der Waals surface area contributed by atoms with Crippen LogP contribution in [0.4, 0.5) is 4.39 Å². The van der Waals surface area contributed by atoms with Crippen LogP contribution in [-0.4, -0.2) is 29.5 Å². The summed E-state index contributed by atoms with van der Waals surface area (Å²) in [5.74, 6) is -0.363. The van der Waals surface area contributed by atoms with E-state index in [0.29, 0.717) is 17.4 Å². The van der Waals surface area contributed by atoms with E-state index in [0.717, 1.165) is 35.0 Å². The van der Waals surface area contributed by atoms with Crippen LogP contribution in [0.5, 0.6) is 0 Å². The van der Waals surface area contributed by atoms with E-state index in [9.17, 15) is 4.39 Å². The van der Waals surface area contributed by atoms with Crippen LogP contribution in [-0.2, 0) is 7.05 Å². The average molecular weight is 334 g/mol. The van der Waals surface area contributed by atoms with Crippen LogP contribution < -0.4 is 0 Å². The van der Waals surface area contributed by atoms with E-state index in [1.165, 1.54) is 12.3 Å². The zero-order valence-electron chi connectivity index (χ0n) is 13.6. The van der Waals surface area contributed by atoms with Crippen LogP contribution in [0.1, 0.15) is 18.9 Å². The molecular weight excluding hydrogens is 319 g/mol. The van der Waals surface area contributed by atoms with Gasteiger partial charge in [0, 0.05) is 30.4 Å². The minimum absolute atomic E-state index is 0.363. The summed E-state index contributed by atoms with van der Waals surface area (Å²) in [6.45, 7) is 0. The molecule has 0 bridgehead atoms. The van der Waals surface area contributed by atoms with Crippen molar-refractivity contribution >= 4 is 11.0 Å². The first-order valence-electron chi connectivity index (χ1n) is 8.19. The summed E-state index contributed by atoms with van der Waals surface area (Å²) in [6, 6.07) is 5.47. The summed E-state index contributed by atoms with van der Waals surface area (Å²) in [4.78, 5) is 8.70. The maximum absolute atomic E-state index is 13.2. The molecule has 0 unspecified atom stereocenters. The van der Waals surface area contributed by atoms with E-state index in [4.69, 9.17) is 0 Å². The summed E-state index contributed by atoms with van der Waals surface area (Å²) in [5, 5.41) is 10.0. The molecule has 0 atom stereocenters. The predicted molar refractivity (Wildman–Crippen MR) is 91.2 cm³/mol. The predicted octanol–water partition coefficient (Wildman–Crippen LogP) is 3.37. The Bertz CT molecular complexity index is 1070. The number of pyridine rings is 2. The minimum Gasteiger partial charge on any atom is -0.274 e. The van der Waals surface area contributed by atoms with Gasteiger partial charge in [0.1, 0.15) is 11.5 Å². The Hall–Kier alpha value is -3.09. The van der Waals surface area contributed by atoms with Crippen LogP contribution in [0.25, 0.3) is 33.5 Å². The van der Waals surface area contributed by atoms with Crippen molar-refractivity contribution in [3.05, 3.63) is 48.8 Å². The Morgan fingerprint density at radius 2 is 1.96 bits per heavy atom. The second-order valence-corrected chi connectivity index (χ2v) is 6.34. The van der Waals surface area contributed by atoms with E-state index >= 15 is 0 Å². The molecule has 4 aromatic rings. The molecule has 0 N–H and O–H groups in total. The number of halogens is 1. The highest BCUT2D eigenvalue weighted by atomic mass is 19.1. The molecule has 7 heteroatoms. The third kappa shape index (κ3) is 2.31. The third-order valence-corrected chi connectivity index (χ3v) is 4.48. The first-order chi connectivity index (χ1) is 12.2. The molecule has 1 saturated carbocycles. The molecule has 4 aromatic heterocycles. The highest BCUT2D eigenvalue weighted by molar-refractivity contribution is 5.96. The van der Waals surface area contributed by atoms with Crippen molar-refractivity contribution in [2.45, 2.75) is 18.9 Å². The smallest absolute Gasteiger partial charge is 0.158 e. The maximum Gasteiger partial charge on any atom is 0.158 e. The molecule has 1 aliphatic rings. The molecule has 1 aliphatic carbocycles. The molecule has 0 radical (unpaired) electrons. The van der Waals surface area contributed by atoms with Gasteiger partial charge in [-0.3, -0.25) is 9.67 Å². The lowest BCUT2D eigenvalue weighted by Crippen LogP contribution is -1.97. The summed E-state index contributed by atoms with van der Waals surface area (Å²) in [5.41, 5.74) is 4.18. The minimum atomic E-state index is -0.363. The third-order valence-electron chi connectivity index (χ3n) is 4.48. The number of hydrogen-bond donors (Lipinski definition) is 0. The van der Waals surface area contributed by atoms with Crippen molar-refractivity contribution in [1.82, 2.24) is 29.5 Å². The molecule has 124 valence electrons. The fraction of sp³-hybridized carbons (Fsp3) is 0.222. The Morgan fingerprint density at radius 1 is 1.08 bits per heavy atom. The van der Waals surface area contributed by atoms with E-state index in [-0.39, 0.29) is 5.82 Å².